The second-order valence-electron chi connectivity index (χ2n) is 3.13. The zero-order chi connectivity index (χ0) is 9.41. The predicted octanol–water partition coefficient (Wildman–Crippen LogP) is 1.99. The van der Waals surface area contributed by atoms with Gasteiger partial charge in [-0.05, 0) is 12.8 Å². The number of carboxylic acids is 1. The molecule has 0 aromatic rings. The van der Waals surface area contributed by atoms with Gasteiger partial charge in [-0.3, -0.25) is 0 Å². The van der Waals surface area contributed by atoms with Crippen molar-refractivity contribution in [3.8, 4) is 0 Å². The highest BCUT2D eigenvalue weighted by atomic mass is 19.3. The number of halogens is 3. The van der Waals surface area contributed by atoms with E-state index >= 15 is 0 Å². The second kappa shape index (κ2) is 2.64. The van der Waals surface area contributed by atoms with Crippen LogP contribution in [0.25, 0.3) is 0 Å². The van der Waals surface area contributed by atoms with Gasteiger partial charge in [-0.2, -0.15) is 0 Å². The fraction of sp³-hybridized carbons (Fsp3) is 0.857. The molecule has 1 aliphatic rings. The van der Waals surface area contributed by atoms with Gasteiger partial charge in [0.25, 0.3) is 0 Å². The first-order chi connectivity index (χ1) is 5.36. The Morgan fingerprint density at radius 2 is 1.50 bits per heavy atom. The first-order valence-corrected chi connectivity index (χ1v) is 3.66. The van der Waals surface area contributed by atoms with E-state index in [0.717, 1.165) is 0 Å². The summed E-state index contributed by atoms with van der Waals surface area (Å²) in [6.07, 6.45) is -2.52. The van der Waals surface area contributed by atoms with E-state index in [1.807, 2.05) is 0 Å². The van der Waals surface area contributed by atoms with Crippen LogP contribution in [0.5, 0.6) is 0 Å². The van der Waals surface area contributed by atoms with Crippen molar-refractivity contribution < 1.29 is 23.1 Å². The Balaban J connectivity index is 2.62. The van der Waals surface area contributed by atoms with Gasteiger partial charge in [-0.1, -0.05) is 0 Å². The summed E-state index contributed by atoms with van der Waals surface area (Å²) in [6, 6.07) is 0. The van der Waals surface area contributed by atoms with E-state index in [0.29, 0.717) is 0 Å². The van der Waals surface area contributed by atoms with Gasteiger partial charge < -0.3 is 5.11 Å². The van der Waals surface area contributed by atoms with Crippen molar-refractivity contribution in [2.45, 2.75) is 37.3 Å². The summed E-state index contributed by atoms with van der Waals surface area (Å²) in [5.41, 5.74) is -2.43. The van der Waals surface area contributed by atoms with Crippen LogP contribution in [0, 0.1) is 0 Å². The fourth-order valence-corrected chi connectivity index (χ4v) is 1.23. The Hall–Kier alpha value is -0.740. The summed E-state index contributed by atoms with van der Waals surface area (Å²) in [5, 5.41) is 8.35. The molecule has 1 aliphatic carbocycles. The van der Waals surface area contributed by atoms with Gasteiger partial charge in [0, 0.05) is 12.8 Å². The molecule has 0 atom stereocenters. The maximum atomic E-state index is 13.1. The van der Waals surface area contributed by atoms with E-state index in [1.54, 1.807) is 0 Å². The lowest BCUT2D eigenvalue weighted by molar-refractivity contribution is -0.159. The summed E-state index contributed by atoms with van der Waals surface area (Å²) >= 11 is 0. The lowest BCUT2D eigenvalue weighted by Crippen LogP contribution is -2.41. The van der Waals surface area contributed by atoms with E-state index in [9.17, 15) is 18.0 Å². The lowest BCUT2D eigenvalue weighted by atomic mass is 9.84. The topological polar surface area (TPSA) is 37.3 Å². The van der Waals surface area contributed by atoms with Crippen molar-refractivity contribution in [1.29, 1.82) is 0 Å². The molecule has 0 heterocycles. The largest absolute Gasteiger partial charge is 0.479 e. The van der Waals surface area contributed by atoms with Gasteiger partial charge in [0.05, 0.1) is 0 Å². The molecule has 70 valence electrons. The number of alkyl halides is 3. The summed E-state index contributed by atoms with van der Waals surface area (Å²) in [6.45, 7) is 0. The third kappa shape index (κ3) is 1.70. The van der Waals surface area contributed by atoms with Crippen LogP contribution in [0.15, 0.2) is 0 Å². The van der Waals surface area contributed by atoms with Crippen LogP contribution < -0.4 is 0 Å². The van der Waals surface area contributed by atoms with E-state index in [4.69, 9.17) is 5.11 Å². The van der Waals surface area contributed by atoms with Crippen LogP contribution >= 0.6 is 0 Å². The highest BCUT2D eigenvalue weighted by Crippen LogP contribution is 2.40. The van der Waals surface area contributed by atoms with Crippen molar-refractivity contribution in [3.05, 3.63) is 0 Å². The molecule has 12 heavy (non-hydrogen) atoms. The quantitative estimate of drug-likeness (QED) is 0.673. The van der Waals surface area contributed by atoms with E-state index in [1.165, 1.54) is 0 Å². The number of hydrogen-bond donors (Lipinski definition) is 1. The average molecular weight is 182 g/mol. The minimum absolute atomic E-state index is 0.588. The zero-order valence-electron chi connectivity index (χ0n) is 6.32. The molecule has 0 unspecified atom stereocenters. The first-order valence-electron chi connectivity index (χ1n) is 3.66. The number of hydrogen-bond acceptors (Lipinski definition) is 1. The van der Waals surface area contributed by atoms with Crippen LogP contribution in [0.3, 0.4) is 0 Å². The summed E-state index contributed by atoms with van der Waals surface area (Å²) in [7, 11) is 0. The Bertz CT molecular complexity index is 193. The zero-order valence-corrected chi connectivity index (χ0v) is 6.32. The highest BCUT2D eigenvalue weighted by molar-refractivity contribution is 5.77. The van der Waals surface area contributed by atoms with Crippen molar-refractivity contribution in [2.75, 3.05) is 0 Å². The fourth-order valence-electron chi connectivity index (χ4n) is 1.23. The molecule has 0 aromatic carbocycles. The minimum Gasteiger partial charge on any atom is -0.479 e. The minimum atomic E-state index is -2.88. The van der Waals surface area contributed by atoms with Crippen molar-refractivity contribution in [3.63, 3.8) is 0 Å². The number of carbonyl (C=O) groups is 1. The van der Waals surface area contributed by atoms with E-state index in [-0.39, 0.29) is 0 Å². The molecule has 2 nitrogen and oxygen atoms in total. The molecule has 1 N–H and O–H groups in total. The van der Waals surface area contributed by atoms with Crippen LogP contribution in [0.1, 0.15) is 25.7 Å². The van der Waals surface area contributed by atoms with Gasteiger partial charge in [0.2, 0.25) is 11.6 Å². The molecule has 1 rings (SSSR count). The second-order valence-corrected chi connectivity index (χ2v) is 3.13. The predicted molar refractivity (Wildman–Crippen MR) is 34.9 cm³/mol. The van der Waals surface area contributed by atoms with Gasteiger partial charge in [-0.25, -0.2) is 18.0 Å². The molecule has 0 spiro atoms. The summed E-state index contributed by atoms with van der Waals surface area (Å²) in [5.74, 6) is -4.51. The van der Waals surface area contributed by atoms with Gasteiger partial charge in [0.15, 0.2) is 0 Å². The molecule has 5 heteroatoms. The number of aliphatic carboxylic acids is 1. The van der Waals surface area contributed by atoms with Crippen LogP contribution in [0.4, 0.5) is 13.2 Å². The molecular formula is C7H9F3O2. The molecular weight excluding hydrogens is 173 g/mol. The summed E-state index contributed by atoms with van der Waals surface area (Å²) < 4.78 is 38.0. The average Bonchev–Trinajstić information content (AvgIpc) is 1.96. The molecule has 0 radical (unpaired) electrons. The standard InChI is InChI=1S/C7H9F3O2/c8-6(5(11)12)1-3-7(9,10)4-2-6/h1-4H2,(H,11,12). The third-order valence-electron chi connectivity index (χ3n) is 2.16. The summed E-state index contributed by atoms with van der Waals surface area (Å²) in [4.78, 5) is 10.3. The molecule has 0 bridgehead atoms. The Morgan fingerprint density at radius 3 is 1.83 bits per heavy atom. The third-order valence-corrected chi connectivity index (χ3v) is 2.16. The van der Waals surface area contributed by atoms with Crippen molar-refractivity contribution in [1.82, 2.24) is 0 Å². The van der Waals surface area contributed by atoms with E-state index in [2.05, 4.69) is 0 Å². The lowest BCUT2D eigenvalue weighted by Gasteiger charge is -2.30. The maximum absolute atomic E-state index is 13.1. The molecule has 0 aliphatic heterocycles. The number of carboxylic acid groups (broad SMARTS) is 1. The van der Waals surface area contributed by atoms with Crippen molar-refractivity contribution in [2.24, 2.45) is 0 Å². The van der Waals surface area contributed by atoms with E-state index < -0.39 is 43.2 Å². The Kier molecular flexibility index (Phi) is 2.06. The van der Waals surface area contributed by atoms with Crippen molar-refractivity contribution >= 4 is 5.97 Å². The first kappa shape index (κ1) is 9.35. The molecule has 1 saturated carbocycles. The SMILES string of the molecule is O=C(O)C1(F)CCC(F)(F)CC1. The normalized spacial score (nSPS) is 26.6. The Labute approximate surface area is 67.4 Å². The van der Waals surface area contributed by atoms with Gasteiger partial charge >= 0.3 is 5.97 Å². The van der Waals surface area contributed by atoms with Crippen LogP contribution in [-0.2, 0) is 4.79 Å². The monoisotopic (exact) mass is 182 g/mol. The molecule has 0 saturated heterocycles. The van der Waals surface area contributed by atoms with Crippen LogP contribution in [0.2, 0.25) is 0 Å². The molecule has 0 amide bonds. The van der Waals surface area contributed by atoms with Gasteiger partial charge in [-0.15, -0.1) is 0 Å². The maximum Gasteiger partial charge on any atom is 0.341 e. The highest BCUT2D eigenvalue weighted by Gasteiger charge is 2.48. The smallest absolute Gasteiger partial charge is 0.341 e. The Morgan fingerprint density at radius 1 is 1.08 bits per heavy atom. The van der Waals surface area contributed by atoms with Gasteiger partial charge in [0.1, 0.15) is 0 Å². The number of rotatable bonds is 1. The van der Waals surface area contributed by atoms with Crippen LogP contribution in [-0.4, -0.2) is 22.7 Å². The molecule has 0 aromatic heterocycles. The molecule has 1 fully saturated rings.